The van der Waals surface area contributed by atoms with Crippen LogP contribution < -0.4 is 5.73 Å². The number of imidazole rings is 1. The van der Waals surface area contributed by atoms with E-state index in [1.165, 1.54) is 0 Å². The van der Waals surface area contributed by atoms with Gasteiger partial charge in [0, 0.05) is 23.9 Å². The van der Waals surface area contributed by atoms with Crippen LogP contribution in [0.1, 0.15) is 22.7 Å². The van der Waals surface area contributed by atoms with Crippen LogP contribution in [0.5, 0.6) is 5.88 Å². The summed E-state index contributed by atoms with van der Waals surface area (Å²) in [7, 11) is 0. The Morgan fingerprint density at radius 2 is 1.67 bits per heavy atom. The molecule has 0 aliphatic carbocycles. The van der Waals surface area contributed by atoms with Crippen LogP contribution in [0, 0.1) is 0 Å². The van der Waals surface area contributed by atoms with Crippen molar-refractivity contribution < 1.29 is 9.52 Å². The molecule has 3 N–H and O–H groups in total. The van der Waals surface area contributed by atoms with Gasteiger partial charge in [0.15, 0.2) is 5.65 Å². The van der Waals surface area contributed by atoms with E-state index in [0.717, 1.165) is 22.6 Å². The van der Waals surface area contributed by atoms with E-state index in [9.17, 15) is 5.11 Å². The molecule has 6 heteroatoms. The molecule has 0 bridgehead atoms. The summed E-state index contributed by atoms with van der Waals surface area (Å²) in [4.78, 5) is 9.58. The molecule has 30 heavy (non-hydrogen) atoms. The van der Waals surface area contributed by atoms with Crippen molar-refractivity contribution in [3.8, 4) is 17.1 Å². The van der Waals surface area contributed by atoms with E-state index in [1.807, 2.05) is 66.7 Å². The van der Waals surface area contributed by atoms with Crippen LogP contribution in [-0.2, 0) is 12.8 Å². The lowest BCUT2D eigenvalue weighted by Gasteiger charge is -2.10. The molecule has 0 aliphatic rings. The van der Waals surface area contributed by atoms with Gasteiger partial charge in [-0.3, -0.25) is 4.40 Å². The van der Waals surface area contributed by atoms with Crippen molar-refractivity contribution >= 4 is 11.3 Å². The van der Waals surface area contributed by atoms with Gasteiger partial charge < -0.3 is 15.3 Å². The van der Waals surface area contributed by atoms with E-state index < -0.39 is 0 Å². The maximum absolute atomic E-state index is 10.9. The maximum Gasteiger partial charge on any atom is 0.219 e. The number of furan rings is 1. The summed E-state index contributed by atoms with van der Waals surface area (Å²) in [5.41, 5.74) is 11.4. The van der Waals surface area contributed by atoms with Crippen molar-refractivity contribution in [2.45, 2.75) is 12.8 Å². The van der Waals surface area contributed by atoms with Crippen LogP contribution in [-0.4, -0.2) is 19.5 Å². The van der Waals surface area contributed by atoms with Crippen LogP contribution >= 0.6 is 0 Å². The minimum absolute atomic E-state index is 0.0777. The van der Waals surface area contributed by atoms with Gasteiger partial charge in [0.2, 0.25) is 5.88 Å². The Balaban J connectivity index is 1.69. The first-order valence-electron chi connectivity index (χ1n) is 9.70. The molecular weight excluding hydrogens is 376 g/mol. The minimum atomic E-state index is 0.0777. The number of hydrogen-bond donors (Lipinski definition) is 2. The van der Waals surface area contributed by atoms with E-state index in [1.54, 1.807) is 16.9 Å². The molecule has 5 rings (SSSR count). The zero-order valence-corrected chi connectivity index (χ0v) is 16.2. The molecule has 0 spiro atoms. The number of benzene rings is 2. The van der Waals surface area contributed by atoms with Crippen molar-refractivity contribution in [3.05, 3.63) is 102 Å². The van der Waals surface area contributed by atoms with Crippen LogP contribution in [0.2, 0.25) is 0 Å². The molecule has 0 radical (unpaired) electrons. The average Bonchev–Trinajstić information content (AvgIpc) is 3.38. The Morgan fingerprint density at radius 3 is 2.43 bits per heavy atom. The number of aromatic hydroxyl groups is 1. The van der Waals surface area contributed by atoms with E-state index in [2.05, 4.69) is 0 Å². The van der Waals surface area contributed by atoms with Crippen LogP contribution in [0.3, 0.4) is 0 Å². The highest BCUT2D eigenvalue weighted by atomic mass is 16.3. The lowest BCUT2D eigenvalue weighted by Crippen LogP contribution is -2.02. The van der Waals surface area contributed by atoms with Gasteiger partial charge in [-0.25, -0.2) is 9.97 Å². The molecule has 0 saturated carbocycles. The Bertz CT molecular complexity index is 1310. The van der Waals surface area contributed by atoms with Gasteiger partial charge in [-0.2, -0.15) is 0 Å². The zero-order chi connectivity index (χ0) is 20.5. The number of anilines is 1. The molecule has 0 aliphatic heterocycles. The predicted molar refractivity (Wildman–Crippen MR) is 115 cm³/mol. The van der Waals surface area contributed by atoms with Gasteiger partial charge in [-0.05, 0) is 23.8 Å². The largest absolute Gasteiger partial charge is 0.493 e. The molecule has 5 aromatic rings. The fraction of sp³-hybridized carbons (Fsp3) is 0.0833. The van der Waals surface area contributed by atoms with E-state index in [-0.39, 0.29) is 5.88 Å². The standard InChI is InChI=1S/C24H20N4O2/c25-19-11-5-4-10-18(19)22-15-28-23(20(26-22)13-16-7-2-1-3-8-16)27-21(24(28)29)14-17-9-6-12-30-17/h1-12,15,29H,13-14,25H2. The highest BCUT2D eigenvalue weighted by Gasteiger charge is 2.19. The topological polar surface area (TPSA) is 89.6 Å². The van der Waals surface area contributed by atoms with E-state index >= 15 is 0 Å². The van der Waals surface area contributed by atoms with E-state index in [4.69, 9.17) is 20.1 Å². The molecule has 3 heterocycles. The second-order valence-electron chi connectivity index (χ2n) is 7.15. The third-order valence-corrected chi connectivity index (χ3v) is 5.09. The fourth-order valence-electron chi connectivity index (χ4n) is 3.61. The second-order valence-corrected chi connectivity index (χ2v) is 7.15. The maximum atomic E-state index is 10.9. The SMILES string of the molecule is Nc1ccccc1-c1cn2c(O)c(Cc3ccco3)nc2c(Cc2ccccc2)n1. The fourth-order valence-corrected chi connectivity index (χ4v) is 3.61. The number of para-hydroxylation sites is 1. The first kappa shape index (κ1) is 18.0. The van der Waals surface area contributed by atoms with Crippen LogP contribution in [0.15, 0.2) is 83.6 Å². The number of nitrogens with zero attached hydrogens (tertiary/aromatic N) is 3. The number of nitrogens with two attached hydrogens (primary N) is 1. The predicted octanol–water partition coefficient (Wildman–Crippen LogP) is 4.46. The average molecular weight is 396 g/mol. The zero-order valence-electron chi connectivity index (χ0n) is 16.2. The molecule has 3 aromatic heterocycles. The van der Waals surface area contributed by atoms with Crippen molar-refractivity contribution in [3.63, 3.8) is 0 Å². The molecule has 6 nitrogen and oxygen atoms in total. The summed E-state index contributed by atoms with van der Waals surface area (Å²) < 4.78 is 7.12. The Kier molecular flexibility index (Phi) is 4.44. The molecule has 0 atom stereocenters. The lowest BCUT2D eigenvalue weighted by atomic mass is 10.1. The van der Waals surface area contributed by atoms with Gasteiger partial charge in [0.25, 0.3) is 0 Å². The summed E-state index contributed by atoms with van der Waals surface area (Å²) in [6.45, 7) is 0. The lowest BCUT2D eigenvalue weighted by molar-refractivity contribution is 0.438. The molecule has 0 saturated heterocycles. The second kappa shape index (κ2) is 7.40. The monoisotopic (exact) mass is 396 g/mol. The molecule has 0 unspecified atom stereocenters. The Morgan fingerprint density at radius 1 is 0.867 bits per heavy atom. The summed E-state index contributed by atoms with van der Waals surface area (Å²) in [6, 6.07) is 21.3. The first-order chi connectivity index (χ1) is 14.7. The molecule has 2 aromatic carbocycles. The van der Waals surface area contributed by atoms with Gasteiger partial charge in [-0.15, -0.1) is 0 Å². The minimum Gasteiger partial charge on any atom is -0.493 e. The third-order valence-electron chi connectivity index (χ3n) is 5.09. The van der Waals surface area contributed by atoms with Gasteiger partial charge >= 0.3 is 0 Å². The summed E-state index contributed by atoms with van der Waals surface area (Å²) >= 11 is 0. The summed E-state index contributed by atoms with van der Waals surface area (Å²) in [5, 5.41) is 10.9. The van der Waals surface area contributed by atoms with Gasteiger partial charge in [0.1, 0.15) is 11.5 Å². The summed E-state index contributed by atoms with van der Waals surface area (Å²) in [6.07, 6.45) is 4.38. The van der Waals surface area contributed by atoms with Crippen molar-refractivity contribution in [1.29, 1.82) is 0 Å². The smallest absolute Gasteiger partial charge is 0.219 e. The number of fused-ring (bicyclic) bond motifs is 1. The highest BCUT2D eigenvalue weighted by molar-refractivity contribution is 5.74. The Labute approximate surface area is 173 Å². The molecule has 0 amide bonds. The van der Waals surface area contributed by atoms with Crippen molar-refractivity contribution in [1.82, 2.24) is 14.4 Å². The van der Waals surface area contributed by atoms with Crippen molar-refractivity contribution in [2.75, 3.05) is 5.73 Å². The van der Waals surface area contributed by atoms with Gasteiger partial charge in [-0.1, -0.05) is 48.5 Å². The number of rotatable bonds is 5. The number of nitrogen functional groups attached to an aromatic ring is 1. The van der Waals surface area contributed by atoms with Crippen LogP contribution in [0.4, 0.5) is 5.69 Å². The quantitative estimate of drug-likeness (QED) is 0.428. The van der Waals surface area contributed by atoms with Gasteiger partial charge in [0.05, 0.1) is 24.1 Å². The first-order valence-corrected chi connectivity index (χ1v) is 9.70. The highest BCUT2D eigenvalue weighted by Crippen LogP contribution is 2.30. The number of hydrogen-bond acceptors (Lipinski definition) is 5. The normalized spacial score (nSPS) is 11.2. The molecule has 0 fully saturated rings. The Hall–Kier alpha value is -4.06. The molecule has 148 valence electrons. The van der Waals surface area contributed by atoms with Crippen LogP contribution in [0.25, 0.3) is 16.9 Å². The van der Waals surface area contributed by atoms with E-state index in [0.29, 0.717) is 35.6 Å². The number of aromatic nitrogens is 3. The summed E-state index contributed by atoms with van der Waals surface area (Å²) in [5.74, 6) is 0.813. The molecular formula is C24H20N4O2. The third kappa shape index (κ3) is 3.28. The van der Waals surface area contributed by atoms with Crippen molar-refractivity contribution in [2.24, 2.45) is 0 Å².